The van der Waals surface area contributed by atoms with Gasteiger partial charge in [0.2, 0.25) is 5.91 Å². The Balaban J connectivity index is 2.21. The highest BCUT2D eigenvalue weighted by Gasteiger charge is 2.29. The van der Waals surface area contributed by atoms with Crippen LogP contribution < -0.4 is 10.1 Å². The van der Waals surface area contributed by atoms with Crippen LogP contribution >= 0.6 is 15.9 Å². The third-order valence-electron chi connectivity index (χ3n) is 5.05. The van der Waals surface area contributed by atoms with Crippen LogP contribution in [0.25, 0.3) is 0 Å². The Morgan fingerprint density at radius 1 is 1.06 bits per heavy atom. The number of hydrogen-bond acceptors (Lipinski definition) is 3. The first kappa shape index (κ1) is 24.9. The predicted molar refractivity (Wildman–Crippen MR) is 128 cm³/mol. The minimum atomic E-state index is -0.564. The van der Waals surface area contributed by atoms with Crippen molar-refractivity contribution in [3.63, 3.8) is 0 Å². The number of carbonyl (C=O) groups is 2. The van der Waals surface area contributed by atoms with E-state index in [-0.39, 0.29) is 24.5 Å². The molecule has 6 heteroatoms. The Morgan fingerprint density at radius 3 is 2.26 bits per heavy atom. The molecule has 1 N–H and O–H groups in total. The van der Waals surface area contributed by atoms with E-state index in [1.54, 1.807) is 4.90 Å². The maximum absolute atomic E-state index is 13.2. The fourth-order valence-electron chi connectivity index (χ4n) is 3.29. The van der Waals surface area contributed by atoms with E-state index >= 15 is 0 Å². The summed E-state index contributed by atoms with van der Waals surface area (Å²) in [6.07, 6.45) is 1.44. The molecule has 0 radical (unpaired) electrons. The first-order chi connectivity index (χ1) is 14.7. The highest BCUT2D eigenvalue weighted by Crippen LogP contribution is 2.26. The summed E-state index contributed by atoms with van der Waals surface area (Å²) < 4.78 is 6.64. The van der Waals surface area contributed by atoms with Gasteiger partial charge in [0.1, 0.15) is 11.8 Å². The topological polar surface area (TPSA) is 58.6 Å². The summed E-state index contributed by atoms with van der Waals surface area (Å²) >= 11 is 3.51. The SMILES string of the molecule is CCc1ccc(OCC(=O)N(Cc2ccc(C)cc2)C(CC)C(=O)NC(C)C)c(Br)c1. The zero-order valence-electron chi connectivity index (χ0n) is 19.1. The van der Waals surface area contributed by atoms with Crippen LogP contribution in [-0.2, 0) is 22.6 Å². The van der Waals surface area contributed by atoms with Gasteiger partial charge in [-0.05, 0) is 72.8 Å². The van der Waals surface area contributed by atoms with Crippen LogP contribution in [0.4, 0.5) is 0 Å². The van der Waals surface area contributed by atoms with E-state index in [0.717, 1.165) is 22.0 Å². The van der Waals surface area contributed by atoms with Crippen molar-refractivity contribution in [1.29, 1.82) is 0 Å². The molecular formula is C25H33BrN2O3. The molecule has 0 fully saturated rings. The van der Waals surface area contributed by atoms with E-state index < -0.39 is 6.04 Å². The predicted octanol–water partition coefficient (Wildman–Crippen LogP) is 5.03. The number of ether oxygens (including phenoxy) is 1. The maximum Gasteiger partial charge on any atom is 0.261 e. The Morgan fingerprint density at radius 2 is 1.71 bits per heavy atom. The molecule has 0 aliphatic rings. The third-order valence-corrected chi connectivity index (χ3v) is 5.67. The number of nitrogens with zero attached hydrogens (tertiary/aromatic N) is 1. The number of amides is 2. The number of aryl methyl sites for hydroxylation is 2. The lowest BCUT2D eigenvalue weighted by atomic mass is 10.1. The highest BCUT2D eigenvalue weighted by molar-refractivity contribution is 9.10. The van der Waals surface area contributed by atoms with Crippen molar-refractivity contribution >= 4 is 27.7 Å². The fraction of sp³-hybridized carbons (Fsp3) is 0.440. The summed E-state index contributed by atoms with van der Waals surface area (Å²) in [5.41, 5.74) is 3.31. The molecule has 0 heterocycles. The lowest BCUT2D eigenvalue weighted by Gasteiger charge is -2.31. The standard InChI is InChI=1S/C25H33BrN2O3/c1-6-19-12-13-23(21(26)14-19)31-16-24(29)28(15-20-10-8-18(5)9-11-20)22(7-2)25(30)27-17(3)4/h8-14,17,22H,6-7,15-16H2,1-5H3,(H,27,30). The molecule has 0 bridgehead atoms. The molecule has 1 unspecified atom stereocenters. The van der Waals surface area contributed by atoms with Crippen LogP contribution in [0.5, 0.6) is 5.75 Å². The maximum atomic E-state index is 13.2. The van der Waals surface area contributed by atoms with Crippen molar-refractivity contribution in [3.05, 3.63) is 63.6 Å². The first-order valence-corrected chi connectivity index (χ1v) is 11.6. The van der Waals surface area contributed by atoms with Gasteiger partial charge in [0.15, 0.2) is 6.61 Å². The van der Waals surface area contributed by atoms with Gasteiger partial charge in [0, 0.05) is 12.6 Å². The van der Waals surface area contributed by atoms with E-state index in [0.29, 0.717) is 18.7 Å². The average Bonchev–Trinajstić information content (AvgIpc) is 2.73. The van der Waals surface area contributed by atoms with E-state index in [9.17, 15) is 9.59 Å². The molecule has 0 aromatic heterocycles. The number of nitrogens with one attached hydrogen (secondary N) is 1. The van der Waals surface area contributed by atoms with Crippen LogP contribution in [0, 0.1) is 6.92 Å². The number of carbonyl (C=O) groups excluding carboxylic acids is 2. The Labute approximate surface area is 194 Å². The molecule has 0 aliphatic carbocycles. The van der Waals surface area contributed by atoms with Crippen molar-refractivity contribution in [2.45, 2.75) is 66.1 Å². The minimum absolute atomic E-state index is 0.00200. The van der Waals surface area contributed by atoms with Gasteiger partial charge in [-0.2, -0.15) is 0 Å². The molecule has 168 valence electrons. The van der Waals surface area contributed by atoms with Crippen LogP contribution in [0.1, 0.15) is 50.8 Å². The van der Waals surface area contributed by atoms with Gasteiger partial charge in [-0.25, -0.2) is 0 Å². The van der Waals surface area contributed by atoms with Gasteiger partial charge in [-0.3, -0.25) is 9.59 Å². The van der Waals surface area contributed by atoms with Crippen molar-refractivity contribution in [2.24, 2.45) is 0 Å². The zero-order chi connectivity index (χ0) is 23.0. The number of benzene rings is 2. The Hall–Kier alpha value is -2.34. The summed E-state index contributed by atoms with van der Waals surface area (Å²) in [6, 6.07) is 13.3. The zero-order valence-corrected chi connectivity index (χ0v) is 20.7. The van der Waals surface area contributed by atoms with Crippen LogP contribution in [0.2, 0.25) is 0 Å². The van der Waals surface area contributed by atoms with E-state index in [4.69, 9.17) is 4.74 Å². The molecule has 0 saturated carbocycles. The van der Waals surface area contributed by atoms with Crippen LogP contribution in [0.15, 0.2) is 46.9 Å². The van der Waals surface area contributed by atoms with Crippen LogP contribution in [-0.4, -0.2) is 35.4 Å². The monoisotopic (exact) mass is 488 g/mol. The molecule has 2 amide bonds. The summed E-state index contributed by atoms with van der Waals surface area (Å²) in [6.45, 7) is 10.1. The summed E-state index contributed by atoms with van der Waals surface area (Å²) in [4.78, 5) is 27.7. The molecule has 2 aromatic carbocycles. The number of rotatable bonds is 10. The molecule has 0 aliphatic heterocycles. The molecule has 0 saturated heterocycles. The summed E-state index contributed by atoms with van der Waals surface area (Å²) in [7, 11) is 0. The van der Waals surface area contributed by atoms with E-state index in [2.05, 4.69) is 28.2 Å². The van der Waals surface area contributed by atoms with Crippen molar-refractivity contribution < 1.29 is 14.3 Å². The van der Waals surface area contributed by atoms with E-state index in [1.165, 1.54) is 5.56 Å². The fourth-order valence-corrected chi connectivity index (χ4v) is 3.83. The second kappa shape index (κ2) is 11.9. The smallest absolute Gasteiger partial charge is 0.261 e. The molecule has 0 spiro atoms. The Kier molecular flexibility index (Phi) is 9.56. The quantitative estimate of drug-likeness (QED) is 0.509. The number of halogens is 1. The van der Waals surface area contributed by atoms with Gasteiger partial charge in [-0.15, -0.1) is 0 Å². The number of hydrogen-bond donors (Lipinski definition) is 1. The normalized spacial score (nSPS) is 11.8. The van der Waals surface area contributed by atoms with Gasteiger partial charge >= 0.3 is 0 Å². The largest absolute Gasteiger partial charge is 0.483 e. The van der Waals surface area contributed by atoms with Crippen molar-refractivity contribution in [1.82, 2.24) is 10.2 Å². The molecule has 5 nitrogen and oxygen atoms in total. The Bertz CT molecular complexity index is 881. The van der Waals surface area contributed by atoms with Gasteiger partial charge < -0.3 is 15.0 Å². The molecule has 1 atom stereocenters. The second-order valence-corrected chi connectivity index (χ2v) is 8.86. The molecule has 2 aromatic rings. The van der Waals surface area contributed by atoms with Crippen molar-refractivity contribution in [3.8, 4) is 5.75 Å². The lowest BCUT2D eigenvalue weighted by molar-refractivity contribution is -0.143. The molecule has 2 rings (SSSR count). The van der Waals surface area contributed by atoms with Crippen LogP contribution in [0.3, 0.4) is 0 Å². The minimum Gasteiger partial charge on any atom is -0.483 e. The molecular weight excluding hydrogens is 456 g/mol. The first-order valence-electron chi connectivity index (χ1n) is 10.8. The second-order valence-electron chi connectivity index (χ2n) is 8.00. The third kappa shape index (κ3) is 7.39. The van der Waals surface area contributed by atoms with Crippen molar-refractivity contribution in [2.75, 3.05) is 6.61 Å². The van der Waals surface area contributed by atoms with Gasteiger partial charge in [0.05, 0.1) is 4.47 Å². The van der Waals surface area contributed by atoms with E-state index in [1.807, 2.05) is 70.2 Å². The average molecular weight is 489 g/mol. The lowest BCUT2D eigenvalue weighted by Crippen LogP contribution is -2.51. The summed E-state index contributed by atoms with van der Waals surface area (Å²) in [5, 5.41) is 2.94. The van der Waals surface area contributed by atoms with Gasteiger partial charge in [-0.1, -0.05) is 49.7 Å². The summed E-state index contributed by atoms with van der Waals surface area (Å²) in [5.74, 6) is 0.241. The molecule has 31 heavy (non-hydrogen) atoms. The highest BCUT2D eigenvalue weighted by atomic mass is 79.9. The van der Waals surface area contributed by atoms with Gasteiger partial charge in [0.25, 0.3) is 5.91 Å².